The molecule has 0 bridgehead atoms. The van der Waals surface area contributed by atoms with Gasteiger partial charge in [0.05, 0.1) is 5.25 Å². The van der Waals surface area contributed by atoms with Gasteiger partial charge in [-0.3, -0.25) is 0 Å². The number of hydrogen-bond donors (Lipinski definition) is 1. The van der Waals surface area contributed by atoms with Crippen LogP contribution in [0.15, 0.2) is 0 Å². The van der Waals surface area contributed by atoms with Crippen molar-refractivity contribution in [2.75, 3.05) is 26.2 Å². The number of rotatable bonds is 6. The minimum atomic E-state index is -3.12. The third-order valence-corrected chi connectivity index (χ3v) is 7.44. The maximum atomic E-state index is 12.6. The van der Waals surface area contributed by atoms with Crippen molar-refractivity contribution >= 4 is 10.0 Å². The van der Waals surface area contributed by atoms with Gasteiger partial charge in [-0.1, -0.05) is 19.8 Å². The van der Waals surface area contributed by atoms with Gasteiger partial charge in [0.2, 0.25) is 10.0 Å². The molecule has 1 aliphatic carbocycles. The first kappa shape index (κ1) is 16.2. The first-order chi connectivity index (χ1) is 9.50. The zero-order chi connectivity index (χ0) is 14.6. The molecule has 0 amide bonds. The van der Waals surface area contributed by atoms with Crippen LogP contribution in [0, 0.1) is 5.41 Å². The van der Waals surface area contributed by atoms with Crippen LogP contribution >= 0.6 is 0 Å². The van der Waals surface area contributed by atoms with Gasteiger partial charge in [-0.15, -0.1) is 0 Å². The monoisotopic (exact) mass is 302 g/mol. The van der Waals surface area contributed by atoms with E-state index in [9.17, 15) is 8.42 Å². The average molecular weight is 302 g/mol. The summed E-state index contributed by atoms with van der Waals surface area (Å²) in [5, 5.41) is 2.91. The summed E-state index contributed by atoms with van der Waals surface area (Å²) in [7, 11) is -3.12. The Kier molecular flexibility index (Phi) is 5.49. The normalized spacial score (nSPS) is 25.1. The van der Waals surface area contributed by atoms with Crippen molar-refractivity contribution in [3.8, 4) is 0 Å². The second kappa shape index (κ2) is 6.75. The standard InChI is InChI=1S/C15H30N2O2S/c1-3-10-16-13-14(2)20(18,19)17-11-8-15(9-12-17)6-4-5-7-15/h14,16H,3-13H2,1-2H3. The van der Waals surface area contributed by atoms with Crippen LogP contribution in [0.25, 0.3) is 0 Å². The first-order valence-corrected chi connectivity index (χ1v) is 9.70. The number of hydrogen-bond acceptors (Lipinski definition) is 3. The van der Waals surface area contributed by atoms with E-state index in [2.05, 4.69) is 12.2 Å². The van der Waals surface area contributed by atoms with Gasteiger partial charge in [0.25, 0.3) is 0 Å². The van der Waals surface area contributed by atoms with Gasteiger partial charge in [-0.25, -0.2) is 12.7 Å². The molecule has 5 heteroatoms. The lowest BCUT2D eigenvalue weighted by atomic mass is 9.78. The van der Waals surface area contributed by atoms with E-state index < -0.39 is 10.0 Å². The molecule has 118 valence electrons. The van der Waals surface area contributed by atoms with E-state index in [-0.39, 0.29) is 5.25 Å². The van der Waals surface area contributed by atoms with E-state index in [0.717, 1.165) is 38.9 Å². The van der Waals surface area contributed by atoms with Gasteiger partial charge in [0.15, 0.2) is 0 Å². The highest BCUT2D eigenvalue weighted by atomic mass is 32.2. The molecule has 0 radical (unpaired) electrons. The summed E-state index contributed by atoms with van der Waals surface area (Å²) in [6, 6.07) is 0. The Bertz CT molecular complexity index is 392. The SMILES string of the molecule is CCCNCC(C)S(=O)(=O)N1CCC2(CCCC2)CC1. The molecule has 1 heterocycles. The van der Waals surface area contributed by atoms with Gasteiger partial charge >= 0.3 is 0 Å². The van der Waals surface area contributed by atoms with Crippen LogP contribution in [0.2, 0.25) is 0 Å². The molecule has 2 fully saturated rings. The van der Waals surface area contributed by atoms with E-state index in [1.54, 1.807) is 4.31 Å². The molecular formula is C15H30N2O2S. The van der Waals surface area contributed by atoms with Gasteiger partial charge < -0.3 is 5.32 Å². The number of nitrogens with one attached hydrogen (secondary N) is 1. The zero-order valence-corrected chi connectivity index (χ0v) is 13.8. The topological polar surface area (TPSA) is 49.4 Å². The van der Waals surface area contributed by atoms with Crippen LogP contribution in [-0.4, -0.2) is 44.2 Å². The largest absolute Gasteiger partial charge is 0.315 e. The van der Waals surface area contributed by atoms with Crippen LogP contribution in [0.5, 0.6) is 0 Å². The fraction of sp³-hybridized carbons (Fsp3) is 1.00. The zero-order valence-electron chi connectivity index (χ0n) is 13.0. The third-order valence-electron chi connectivity index (χ3n) is 5.17. The molecule has 0 aromatic heterocycles. The van der Waals surface area contributed by atoms with Crippen LogP contribution in [0.4, 0.5) is 0 Å². The highest BCUT2D eigenvalue weighted by Crippen LogP contribution is 2.46. The van der Waals surface area contributed by atoms with Crippen LogP contribution < -0.4 is 5.32 Å². The Balaban J connectivity index is 1.87. The van der Waals surface area contributed by atoms with E-state index in [0.29, 0.717) is 12.0 Å². The molecule has 0 aromatic carbocycles. The summed E-state index contributed by atoms with van der Waals surface area (Å²) in [6.07, 6.45) is 8.48. The quantitative estimate of drug-likeness (QED) is 0.766. The minimum Gasteiger partial charge on any atom is -0.315 e. The van der Waals surface area contributed by atoms with E-state index >= 15 is 0 Å². The van der Waals surface area contributed by atoms with Crippen molar-refractivity contribution < 1.29 is 8.42 Å². The highest BCUT2D eigenvalue weighted by molar-refractivity contribution is 7.89. The van der Waals surface area contributed by atoms with E-state index in [4.69, 9.17) is 0 Å². The molecular weight excluding hydrogens is 272 g/mol. The molecule has 20 heavy (non-hydrogen) atoms. The molecule has 0 aromatic rings. The average Bonchev–Trinajstić information content (AvgIpc) is 2.87. The van der Waals surface area contributed by atoms with Crippen molar-refractivity contribution in [2.45, 2.75) is 64.0 Å². The molecule has 1 spiro atoms. The lowest BCUT2D eigenvalue weighted by Crippen LogP contribution is -2.47. The van der Waals surface area contributed by atoms with Gasteiger partial charge in [0, 0.05) is 19.6 Å². The number of piperidine rings is 1. The Morgan fingerprint density at radius 3 is 2.30 bits per heavy atom. The Labute approximate surface area is 124 Å². The predicted molar refractivity (Wildman–Crippen MR) is 83.3 cm³/mol. The molecule has 1 aliphatic heterocycles. The molecule has 2 rings (SSSR count). The van der Waals surface area contributed by atoms with Crippen molar-refractivity contribution in [1.29, 1.82) is 0 Å². The molecule has 1 atom stereocenters. The molecule has 4 nitrogen and oxygen atoms in total. The summed E-state index contributed by atoms with van der Waals surface area (Å²) in [5.74, 6) is 0. The third kappa shape index (κ3) is 3.55. The van der Waals surface area contributed by atoms with Gasteiger partial charge in [-0.05, 0) is 51.0 Å². The summed E-state index contributed by atoms with van der Waals surface area (Å²) >= 11 is 0. The lowest BCUT2D eigenvalue weighted by molar-refractivity contribution is 0.159. The van der Waals surface area contributed by atoms with Crippen LogP contribution in [0.3, 0.4) is 0 Å². The maximum absolute atomic E-state index is 12.6. The van der Waals surface area contributed by atoms with E-state index in [1.807, 2.05) is 6.92 Å². The van der Waals surface area contributed by atoms with Crippen molar-refractivity contribution in [3.63, 3.8) is 0 Å². The van der Waals surface area contributed by atoms with Crippen LogP contribution in [0.1, 0.15) is 58.8 Å². The van der Waals surface area contributed by atoms with Crippen molar-refractivity contribution in [1.82, 2.24) is 9.62 Å². The number of nitrogens with zero attached hydrogens (tertiary/aromatic N) is 1. The summed E-state index contributed by atoms with van der Waals surface area (Å²) in [6.45, 7) is 6.86. The second-order valence-electron chi connectivity index (χ2n) is 6.67. The first-order valence-electron chi connectivity index (χ1n) is 8.20. The highest BCUT2D eigenvalue weighted by Gasteiger charge is 2.40. The number of sulfonamides is 1. The fourth-order valence-electron chi connectivity index (χ4n) is 3.68. The van der Waals surface area contributed by atoms with Gasteiger partial charge in [-0.2, -0.15) is 0 Å². The summed E-state index contributed by atoms with van der Waals surface area (Å²) in [5.41, 5.74) is 0.482. The second-order valence-corrected chi connectivity index (χ2v) is 9.02. The Morgan fingerprint density at radius 2 is 1.75 bits per heavy atom. The smallest absolute Gasteiger partial charge is 0.217 e. The molecule has 1 saturated heterocycles. The van der Waals surface area contributed by atoms with Gasteiger partial charge in [0.1, 0.15) is 0 Å². The van der Waals surface area contributed by atoms with Crippen LogP contribution in [-0.2, 0) is 10.0 Å². The van der Waals surface area contributed by atoms with Crippen molar-refractivity contribution in [3.05, 3.63) is 0 Å². The lowest BCUT2D eigenvalue weighted by Gasteiger charge is -2.39. The minimum absolute atomic E-state index is 0.313. The Hall–Kier alpha value is -0.130. The Morgan fingerprint density at radius 1 is 1.15 bits per heavy atom. The molecule has 1 unspecified atom stereocenters. The maximum Gasteiger partial charge on any atom is 0.217 e. The summed E-state index contributed by atoms with van der Waals surface area (Å²) < 4.78 is 26.9. The fourth-order valence-corrected chi connectivity index (χ4v) is 5.21. The summed E-state index contributed by atoms with van der Waals surface area (Å²) in [4.78, 5) is 0. The molecule has 1 saturated carbocycles. The molecule has 2 aliphatic rings. The predicted octanol–water partition coefficient (Wildman–Crippen LogP) is 2.36. The van der Waals surface area contributed by atoms with Crippen molar-refractivity contribution in [2.24, 2.45) is 5.41 Å². The van der Waals surface area contributed by atoms with E-state index in [1.165, 1.54) is 25.7 Å². The molecule has 1 N–H and O–H groups in total.